The number of aryl methyl sites for hydroxylation is 2. The summed E-state index contributed by atoms with van der Waals surface area (Å²) in [6, 6.07) is 1.95. The molecule has 3 rings (SSSR count). The molecule has 0 saturated heterocycles. The summed E-state index contributed by atoms with van der Waals surface area (Å²) in [6.45, 7) is 4.74. The predicted octanol–water partition coefficient (Wildman–Crippen LogP) is 3.26. The number of hydrogen-bond acceptors (Lipinski definition) is 7. The summed E-state index contributed by atoms with van der Waals surface area (Å²) < 4.78 is 0. The van der Waals surface area contributed by atoms with Crippen LogP contribution < -0.4 is 5.32 Å². The maximum Gasteiger partial charge on any atom is 0.143 e. The average molecular weight is 326 g/mol. The Labute approximate surface area is 139 Å². The van der Waals surface area contributed by atoms with E-state index in [-0.39, 0.29) is 0 Å². The van der Waals surface area contributed by atoms with Gasteiger partial charge in [0, 0.05) is 36.0 Å². The van der Waals surface area contributed by atoms with E-state index >= 15 is 0 Å². The highest BCUT2D eigenvalue weighted by atomic mass is 32.1. The molecule has 0 aliphatic heterocycles. The summed E-state index contributed by atoms with van der Waals surface area (Å²) in [5.74, 6) is 1.73. The van der Waals surface area contributed by atoms with Gasteiger partial charge in [0.2, 0.25) is 0 Å². The standard InChI is InChI=1S/C16H18N6S/c1-3-4-14-20-11(2)7-15(22-14)19-8-12-10-23-16(21-12)13-9-17-5-6-18-13/h5-7,9-10H,3-4,8H2,1-2H3,(H,19,20,22). The van der Waals surface area contributed by atoms with Gasteiger partial charge in [-0.25, -0.2) is 15.0 Å². The molecular weight excluding hydrogens is 308 g/mol. The van der Waals surface area contributed by atoms with Gasteiger partial charge in [-0.2, -0.15) is 0 Å². The molecule has 0 radical (unpaired) electrons. The molecule has 3 aromatic rings. The van der Waals surface area contributed by atoms with Crippen molar-refractivity contribution in [2.24, 2.45) is 0 Å². The Bertz CT molecular complexity index is 771. The monoisotopic (exact) mass is 326 g/mol. The molecule has 23 heavy (non-hydrogen) atoms. The molecule has 7 heteroatoms. The van der Waals surface area contributed by atoms with Crippen molar-refractivity contribution < 1.29 is 0 Å². The van der Waals surface area contributed by atoms with Crippen molar-refractivity contribution in [2.45, 2.75) is 33.2 Å². The first-order valence-electron chi connectivity index (χ1n) is 7.54. The number of rotatable bonds is 6. The molecule has 0 fully saturated rings. The summed E-state index contributed by atoms with van der Waals surface area (Å²) in [4.78, 5) is 21.9. The summed E-state index contributed by atoms with van der Waals surface area (Å²) in [7, 11) is 0. The molecule has 0 amide bonds. The Balaban J connectivity index is 1.68. The zero-order chi connectivity index (χ0) is 16.1. The molecule has 0 unspecified atom stereocenters. The minimum absolute atomic E-state index is 0.624. The third kappa shape index (κ3) is 4.07. The highest BCUT2D eigenvalue weighted by Gasteiger charge is 2.07. The largest absolute Gasteiger partial charge is 0.364 e. The lowest BCUT2D eigenvalue weighted by molar-refractivity contribution is 0.824. The van der Waals surface area contributed by atoms with Crippen molar-refractivity contribution in [1.29, 1.82) is 0 Å². The van der Waals surface area contributed by atoms with Gasteiger partial charge in [0.1, 0.15) is 22.3 Å². The quantitative estimate of drug-likeness (QED) is 0.749. The van der Waals surface area contributed by atoms with Gasteiger partial charge in [0.05, 0.1) is 18.4 Å². The van der Waals surface area contributed by atoms with Crippen LogP contribution in [0, 0.1) is 6.92 Å². The van der Waals surface area contributed by atoms with E-state index in [1.54, 1.807) is 29.9 Å². The number of aromatic nitrogens is 5. The molecule has 3 heterocycles. The third-order valence-corrected chi connectivity index (χ3v) is 4.07. The zero-order valence-corrected chi connectivity index (χ0v) is 14.0. The average Bonchev–Trinajstić information content (AvgIpc) is 3.03. The lowest BCUT2D eigenvalue weighted by Crippen LogP contribution is -2.05. The van der Waals surface area contributed by atoms with Crippen LogP contribution in [0.5, 0.6) is 0 Å². The van der Waals surface area contributed by atoms with Gasteiger partial charge in [0.25, 0.3) is 0 Å². The third-order valence-electron chi connectivity index (χ3n) is 3.16. The van der Waals surface area contributed by atoms with Gasteiger partial charge >= 0.3 is 0 Å². The summed E-state index contributed by atoms with van der Waals surface area (Å²) in [6.07, 6.45) is 6.99. The first kappa shape index (κ1) is 15.5. The fourth-order valence-corrected chi connectivity index (χ4v) is 2.93. The van der Waals surface area contributed by atoms with Crippen LogP contribution >= 0.6 is 11.3 Å². The van der Waals surface area contributed by atoms with Crippen LogP contribution in [0.25, 0.3) is 10.7 Å². The summed E-state index contributed by atoms with van der Waals surface area (Å²) >= 11 is 1.57. The van der Waals surface area contributed by atoms with Gasteiger partial charge in [-0.3, -0.25) is 9.97 Å². The van der Waals surface area contributed by atoms with Gasteiger partial charge in [-0.05, 0) is 13.3 Å². The smallest absolute Gasteiger partial charge is 0.143 e. The van der Waals surface area contributed by atoms with E-state index in [4.69, 9.17) is 0 Å². The van der Waals surface area contributed by atoms with Crippen molar-refractivity contribution >= 4 is 17.2 Å². The van der Waals surface area contributed by atoms with E-state index in [9.17, 15) is 0 Å². The zero-order valence-electron chi connectivity index (χ0n) is 13.2. The maximum atomic E-state index is 4.59. The molecule has 118 valence electrons. The number of hydrogen-bond donors (Lipinski definition) is 1. The maximum absolute atomic E-state index is 4.59. The van der Waals surface area contributed by atoms with Crippen molar-refractivity contribution in [3.63, 3.8) is 0 Å². The van der Waals surface area contributed by atoms with E-state index in [1.807, 2.05) is 18.4 Å². The predicted molar refractivity (Wildman–Crippen MR) is 91.2 cm³/mol. The number of thiazole rings is 1. The Hall–Kier alpha value is -2.41. The van der Waals surface area contributed by atoms with Crippen molar-refractivity contribution in [3.8, 4) is 10.7 Å². The van der Waals surface area contributed by atoms with Crippen LogP contribution in [0.2, 0.25) is 0 Å². The van der Waals surface area contributed by atoms with Gasteiger partial charge < -0.3 is 5.32 Å². The van der Waals surface area contributed by atoms with Crippen LogP contribution in [0.3, 0.4) is 0 Å². The molecule has 0 spiro atoms. The highest BCUT2D eigenvalue weighted by Crippen LogP contribution is 2.21. The van der Waals surface area contributed by atoms with Crippen molar-refractivity contribution in [1.82, 2.24) is 24.9 Å². The number of nitrogens with one attached hydrogen (secondary N) is 1. The summed E-state index contributed by atoms with van der Waals surface area (Å²) in [5, 5.41) is 6.22. The Morgan fingerprint density at radius 3 is 2.87 bits per heavy atom. The van der Waals surface area contributed by atoms with E-state index in [0.717, 1.165) is 46.6 Å². The topological polar surface area (TPSA) is 76.5 Å². The van der Waals surface area contributed by atoms with Crippen LogP contribution in [0.1, 0.15) is 30.6 Å². The van der Waals surface area contributed by atoms with Crippen molar-refractivity contribution in [2.75, 3.05) is 5.32 Å². The molecular formula is C16H18N6S. The van der Waals surface area contributed by atoms with Crippen LogP contribution in [-0.4, -0.2) is 24.9 Å². The molecule has 0 atom stereocenters. The molecule has 0 bridgehead atoms. The molecule has 1 N–H and O–H groups in total. The minimum Gasteiger partial charge on any atom is -0.364 e. The van der Waals surface area contributed by atoms with E-state index in [1.165, 1.54) is 0 Å². The van der Waals surface area contributed by atoms with E-state index in [0.29, 0.717) is 6.54 Å². The van der Waals surface area contributed by atoms with Gasteiger partial charge in [-0.1, -0.05) is 6.92 Å². The Morgan fingerprint density at radius 2 is 2.09 bits per heavy atom. The molecule has 0 saturated carbocycles. The first-order valence-corrected chi connectivity index (χ1v) is 8.42. The second kappa shape index (κ2) is 7.23. The normalized spacial score (nSPS) is 10.7. The molecule has 6 nitrogen and oxygen atoms in total. The SMILES string of the molecule is CCCc1nc(C)cc(NCc2csc(-c3cnccn3)n2)n1. The Morgan fingerprint density at radius 1 is 1.17 bits per heavy atom. The van der Waals surface area contributed by atoms with Crippen molar-refractivity contribution in [3.05, 3.63) is 47.2 Å². The van der Waals surface area contributed by atoms with Gasteiger partial charge in [-0.15, -0.1) is 11.3 Å². The molecule has 0 aliphatic carbocycles. The van der Waals surface area contributed by atoms with Crippen LogP contribution in [-0.2, 0) is 13.0 Å². The second-order valence-electron chi connectivity index (χ2n) is 5.15. The summed E-state index contributed by atoms with van der Waals surface area (Å²) in [5.41, 5.74) is 2.74. The number of nitrogens with zero attached hydrogens (tertiary/aromatic N) is 5. The highest BCUT2D eigenvalue weighted by molar-refractivity contribution is 7.13. The fraction of sp³-hybridized carbons (Fsp3) is 0.312. The lowest BCUT2D eigenvalue weighted by Gasteiger charge is -2.07. The van der Waals surface area contributed by atoms with E-state index in [2.05, 4.69) is 37.2 Å². The first-order chi connectivity index (χ1) is 11.2. The number of anilines is 1. The molecule has 3 aromatic heterocycles. The Kier molecular flexibility index (Phi) is 4.87. The van der Waals surface area contributed by atoms with Crippen LogP contribution in [0.4, 0.5) is 5.82 Å². The van der Waals surface area contributed by atoms with Gasteiger partial charge in [0.15, 0.2) is 0 Å². The molecule has 0 aliphatic rings. The minimum atomic E-state index is 0.624. The lowest BCUT2D eigenvalue weighted by atomic mass is 10.3. The fourth-order valence-electron chi connectivity index (χ4n) is 2.15. The van der Waals surface area contributed by atoms with E-state index < -0.39 is 0 Å². The van der Waals surface area contributed by atoms with Crippen LogP contribution in [0.15, 0.2) is 30.0 Å². The molecule has 0 aromatic carbocycles. The second-order valence-corrected chi connectivity index (χ2v) is 6.01.